The summed E-state index contributed by atoms with van der Waals surface area (Å²) in [6, 6.07) is -0.555. The molecule has 0 radical (unpaired) electrons. The van der Waals surface area contributed by atoms with Crippen LogP contribution in [-0.4, -0.2) is 47.4 Å². The van der Waals surface area contributed by atoms with E-state index in [0.717, 1.165) is 57.8 Å². The van der Waals surface area contributed by atoms with E-state index in [2.05, 4.69) is 31.3 Å². The highest BCUT2D eigenvalue weighted by atomic mass is 16.5. The summed E-state index contributed by atoms with van der Waals surface area (Å²) in [4.78, 5) is 24.6. The summed E-state index contributed by atoms with van der Waals surface area (Å²) in [5.74, 6) is -0.0642. The number of hydrogen-bond acceptors (Lipinski definition) is 5. The molecule has 0 aromatic rings. The van der Waals surface area contributed by atoms with Gasteiger partial charge in [0.15, 0.2) is 0 Å². The van der Waals surface area contributed by atoms with E-state index >= 15 is 0 Å². The van der Waals surface area contributed by atoms with Crippen molar-refractivity contribution in [2.45, 2.75) is 334 Å². The zero-order chi connectivity index (χ0) is 46.5. The number of aliphatic hydroxyl groups is 2. The highest BCUT2D eigenvalue weighted by Crippen LogP contribution is 2.17. The van der Waals surface area contributed by atoms with Gasteiger partial charge in [-0.05, 0) is 51.4 Å². The molecule has 0 aliphatic carbocycles. The molecule has 0 spiro atoms. The van der Waals surface area contributed by atoms with E-state index in [4.69, 9.17) is 4.74 Å². The quantitative estimate of drug-likeness (QED) is 0.0321. The molecule has 0 rings (SSSR count). The molecule has 0 aromatic carbocycles. The number of allylic oxidation sites excluding steroid dienone is 2. The molecule has 0 saturated heterocycles. The molecule has 0 aromatic heterocycles. The fraction of sp³-hybridized carbons (Fsp3) is 0.931. The number of carbonyl (C=O) groups excluding carboxylic acids is 2. The van der Waals surface area contributed by atoms with Gasteiger partial charge in [0.25, 0.3) is 0 Å². The van der Waals surface area contributed by atoms with Gasteiger partial charge in [0, 0.05) is 12.8 Å². The zero-order valence-corrected chi connectivity index (χ0v) is 43.3. The Balaban J connectivity index is 3.44. The van der Waals surface area contributed by atoms with Crippen molar-refractivity contribution in [1.29, 1.82) is 0 Å². The molecule has 0 aliphatic heterocycles. The number of ether oxygens (including phenoxy) is 1. The van der Waals surface area contributed by atoms with Crippen molar-refractivity contribution in [2.24, 2.45) is 0 Å². The largest absolute Gasteiger partial charge is 0.466 e. The molecule has 6 heteroatoms. The molecule has 0 fully saturated rings. The van der Waals surface area contributed by atoms with E-state index in [1.165, 1.54) is 231 Å². The lowest BCUT2D eigenvalue weighted by molar-refractivity contribution is -0.143. The van der Waals surface area contributed by atoms with E-state index in [1.54, 1.807) is 0 Å². The average Bonchev–Trinajstić information content (AvgIpc) is 3.29. The smallest absolute Gasteiger partial charge is 0.305 e. The number of unbranched alkanes of at least 4 members (excludes halogenated alkanes) is 41. The predicted molar refractivity (Wildman–Crippen MR) is 278 cm³/mol. The third-order valence-corrected chi connectivity index (χ3v) is 13.6. The molecule has 2 atom stereocenters. The van der Waals surface area contributed by atoms with Crippen molar-refractivity contribution in [3.8, 4) is 0 Å². The van der Waals surface area contributed by atoms with Crippen molar-refractivity contribution in [2.75, 3.05) is 13.2 Å². The fourth-order valence-electron chi connectivity index (χ4n) is 9.11. The SMILES string of the molecule is CCCCCCCC/C=C\CCCCCCCCCCCC(=O)OCCCCCCCCCCCCCC(=O)NC(CO)C(O)CCCCCCCCCCCCCCCCCCC. The molecule has 3 N–H and O–H groups in total. The van der Waals surface area contributed by atoms with Crippen LogP contribution in [0.1, 0.15) is 322 Å². The molecule has 0 aliphatic rings. The summed E-state index contributed by atoms with van der Waals surface area (Å²) in [6.45, 7) is 4.93. The second kappa shape index (κ2) is 54.2. The van der Waals surface area contributed by atoms with Crippen molar-refractivity contribution in [3.63, 3.8) is 0 Å². The van der Waals surface area contributed by atoms with Gasteiger partial charge in [-0.2, -0.15) is 0 Å². The van der Waals surface area contributed by atoms with Crippen LogP contribution in [0.4, 0.5) is 0 Å². The number of esters is 1. The van der Waals surface area contributed by atoms with Gasteiger partial charge in [-0.15, -0.1) is 0 Å². The molecule has 6 nitrogen and oxygen atoms in total. The lowest BCUT2D eigenvalue weighted by Gasteiger charge is -2.22. The Morgan fingerprint density at radius 3 is 1.11 bits per heavy atom. The Morgan fingerprint density at radius 1 is 0.422 bits per heavy atom. The van der Waals surface area contributed by atoms with Crippen LogP contribution in [0.25, 0.3) is 0 Å². The molecule has 2 unspecified atom stereocenters. The Kier molecular flexibility index (Phi) is 53.0. The van der Waals surface area contributed by atoms with E-state index in [1.807, 2.05) is 0 Å². The Morgan fingerprint density at radius 2 is 0.734 bits per heavy atom. The van der Waals surface area contributed by atoms with E-state index < -0.39 is 12.1 Å². The van der Waals surface area contributed by atoms with Crippen LogP contribution in [0.2, 0.25) is 0 Å². The van der Waals surface area contributed by atoms with Crippen molar-refractivity contribution in [3.05, 3.63) is 12.2 Å². The van der Waals surface area contributed by atoms with Crippen LogP contribution in [-0.2, 0) is 14.3 Å². The van der Waals surface area contributed by atoms with Gasteiger partial charge in [0.05, 0.1) is 25.4 Å². The molecular weight excluding hydrogens is 791 g/mol. The fourth-order valence-corrected chi connectivity index (χ4v) is 9.11. The van der Waals surface area contributed by atoms with Crippen molar-refractivity contribution in [1.82, 2.24) is 5.32 Å². The first kappa shape index (κ1) is 62.6. The maximum Gasteiger partial charge on any atom is 0.305 e. The predicted octanol–water partition coefficient (Wildman–Crippen LogP) is 17.7. The second-order valence-electron chi connectivity index (χ2n) is 20.0. The van der Waals surface area contributed by atoms with Crippen LogP contribution in [0.3, 0.4) is 0 Å². The first-order chi connectivity index (χ1) is 31.5. The minimum atomic E-state index is -0.676. The normalized spacial score (nSPS) is 12.6. The van der Waals surface area contributed by atoms with Crippen LogP contribution in [0.5, 0.6) is 0 Å². The van der Waals surface area contributed by atoms with Crippen molar-refractivity contribution < 1.29 is 24.5 Å². The number of aliphatic hydroxyl groups excluding tert-OH is 2. The summed E-state index contributed by atoms with van der Waals surface area (Å²) in [7, 11) is 0. The maximum atomic E-state index is 12.5. The van der Waals surface area contributed by atoms with Crippen LogP contribution >= 0.6 is 0 Å². The van der Waals surface area contributed by atoms with Gasteiger partial charge in [0.2, 0.25) is 5.91 Å². The Labute approximate surface area is 399 Å². The second-order valence-corrected chi connectivity index (χ2v) is 20.0. The lowest BCUT2D eigenvalue weighted by atomic mass is 10.0. The van der Waals surface area contributed by atoms with Gasteiger partial charge in [-0.3, -0.25) is 9.59 Å². The lowest BCUT2D eigenvalue weighted by Crippen LogP contribution is -2.45. The first-order valence-corrected chi connectivity index (χ1v) is 28.9. The number of carbonyl (C=O) groups is 2. The average molecular weight is 905 g/mol. The minimum absolute atomic E-state index is 0.0131. The van der Waals surface area contributed by atoms with E-state index in [9.17, 15) is 19.8 Å². The minimum Gasteiger partial charge on any atom is -0.466 e. The standard InChI is InChI=1S/C58H113NO5/c1-3-5-7-9-11-13-15-17-19-21-22-24-26-28-32-36-40-44-48-52-58(63)64-53-49-45-41-37-33-29-31-35-39-43-47-51-57(62)59-55(54-60)56(61)50-46-42-38-34-30-27-25-23-20-18-16-14-12-10-8-6-4-2/h17,19,55-56,60-61H,3-16,18,20-54H2,1-2H3,(H,59,62)/b19-17-. The van der Waals surface area contributed by atoms with Gasteiger partial charge in [-0.1, -0.05) is 270 Å². The number of rotatable bonds is 54. The maximum absolute atomic E-state index is 12.5. The topological polar surface area (TPSA) is 95.9 Å². The Bertz CT molecular complexity index is 955. The molecule has 0 saturated carbocycles. The number of hydrogen-bond donors (Lipinski definition) is 3. The number of nitrogens with one attached hydrogen (secondary N) is 1. The summed E-state index contributed by atoms with van der Waals surface area (Å²) < 4.78 is 5.48. The number of amides is 1. The summed E-state index contributed by atoms with van der Waals surface area (Å²) in [5, 5.41) is 23.3. The molecule has 64 heavy (non-hydrogen) atoms. The van der Waals surface area contributed by atoms with Gasteiger partial charge < -0.3 is 20.3 Å². The van der Waals surface area contributed by atoms with Crippen molar-refractivity contribution >= 4 is 11.9 Å². The third kappa shape index (κ3) is 50.0. The molecular formula is C58H113NO5. The summed E-state index contributed by atoms with van der Waals surface area (Å²) in [6.07, 6.45) is 63.4. The molecule has 380 valence electrons. The Hall–Kier alpha value is -1.40. The third-order valence-electron chi connectivity index (χ3n) is 13.6. The molecule has 0 bridgehead atoms. The van der Waals surface area contributed by atoms with Crippen LogP contribution in [0, 0.1) is 0 Å². The van der Waals surface area contributed by atoms with Gasteiger partial charge in [-0.25, -0.2) is 0 Å². The van der Waals surface area contributed by atoms with Gasteiger partial charge in [0.1, 0.15) is 0 Å². The van der Waals surface area contributed by atoms with Gasteiger partial charge >= 0.3 is 5.97 Å². The molecule has 0 heterocycles. The highest BCUT2D eigenvalue weighted by Gasteiger charge is 2.20. The van der Waals surface area contributed by atoms with E-state index in [-0.39, 0.29) is 18.5 Å². The highest BCUT2D eigenvalue weighted by molar-refractivity contribution is 5.76. The monoisotopic (exact) mass is 904 g/mol. The summed E-state index contributed by atoms with van der Waals surface area (Å²) >= 11 is 0. The summed E-state index contributed by atoms with van der Waals surface area (Å²) in [5.41, 5.74) is 0. The van der Waals surface area contributed by atoms with Crippen LogP contribution < -0.4 is 5.32 Å². The zero-order valence-electron chi connectivity index (χ0n) is 43.3. The molecule has 1 amide bonds. The first-order valence-electron chi connectivity index (χ1n) is 28.9. The van der Waals surface area contributed by atoms with E-state index in [0.29, 0.717) is 25.9 Å². The van der Waals surface area contributed by atoms with Crippen LogP contribution in [0.15, 0.2) is 12.2 Å².